The van der Waals surface area contributed by atoms with E-state index >= 15 is 0 Å². The van der Waals surface area contributed by atoms with Gasteiger partial charge in [-0.1, -0.05) is 49.6 Å². The van der Waals surface area contributed by atoms with Crippen molar-refractivity contribution in [2.75, 3.05) is 0 Å². The van der Waals surface area contributed by atoms with E-state index in [4.69, 9.17) is 4.74 Å². The average Bonchev–Trinajstić information content (AvgIpc) is 2.73. The van der Waals surface area contributed by atoms with E-state index in [1.807, 2.05) is 42.5 Å². The summed E-state index contributed by atoms with van der Waals surface area (Å²) >= 11 is 4.47. The lowest BCUT2D eigenvalue weighted by atomic mass is 9.95. The van der Waals surface area contributed by atoms with Crippen LogP contribution in [0.3, 0.4) is 0 Å². The van der Waals surface area contributed by atoms with Crippen molar-refractivity contribution < 1.29 is 9.53 Å². The predicted octanol–water partition coefficient (Wildman–Crippen LogP) is 5.83. The number of nitrogens with zero attached hydrogens (tertiary/aromatic N) is 1. The first-order valence-electron chi connectivity index (χ1n) is 9.65. The van der Waals surface area contributed by atoms with Crippen LogP contribution < -0.4 is 10.1 Å². The van der Waals surface area contributed by atoms with Crippen molar-refractivity contribution in [2.45, 2.75) is 44.8 Å². The van der Waals surface area contributed by atoms with Crippen LogP contribution in [0.2, 0.25) is 0 Å². The van der Waals surface area contributed by atoms with Crippen molar-refractivity contribution in [1.29, 1.82) is 5.26 Å². The van der Waals surface area contributed by atoms with Gasteiger partial charge in [0.2, 0.25) is 0 Å². The van der Waals surface area contributed by atoms with E-state index in [0.29, 0.717) is 6.61 Å². The third-order valence-corrected chi connectivity index (χ3v) is 6.47. The van der Waals surface area contributed by atoms with Crippen molar-refractivity contribution in [1.82, 2.24) is 5.32 Å². The summed E-state index contributed by atoms with van der Waals surface area (Å²) < 4.78 is 7.90. The van der Waals surface area contributed by atoms with Gasteiger partial charge in [-0.25, -0.2) is 0 Å². The molecular formula is C23H22I2N2O2. The summed E-state index contributed by atoms with van der Waals surface area (Å²) in [4.78, 5) is 12.5. The van der Waals surface area contributed by atoms with Crippen LogP contribution >= 0.6 is 45.2 Å². The minimum Gasteiger partial charge on any atom is -0.487 e. The van der Waals surface area contributed by atoms with Crippen molar-refractivity contribution in [2.24, 2.45) is 0 Å². The van der Waals surface area contributed by atoms with Gasteiger partial charge >= 0.3 is 0 Å². The van der Waals surface area contributed by atoms with Gasteiger partial charge in [0, 0.05) is 6.04 Å². The van der Waals surface area contributed by atoms with Crippen LogP contribution in [0.1, 0.15) is 43.2 Å². The summed E-state index contributed by atoms with van der Waals surface area (Å²) in [5.41, 5.74) is 2.07. The van der Waals surface area contributed by atoms with Gasteiger partial charge in [0.15, 0.2) is 0 Å². The molecule has 0 aliphatic heterocycles. The molecule has 1 N–H and O–H groups in total. The van der Waals surface area contributed by atoms with Crippen LogP contribution in [0.25, 0.3) is 6.08 Å². The summed E-state index contributed by atoms with van der Waals surface area (Å²) in [7, 11) is 0. The molecule has 0 heterocycles. The van der Waals surface area contributed by atoms with Gasteiger partial charge in [0.25, 0.3) is 5.91 Å². The molecule has 0 unspecified atom stereocenters. The maximum Gasteiger partial charge on any atom is 0.262 e. The summed E-state index contributed by atoms with van der Waals surface area (Å²) in [6.45, 7) is 0.495. The first-order valence-corrected chi connectivity index (χ1v) is 11.8. The average molecular weight is 612 g/mol. The fourth-order valence-corrected chi connectivity index (χ4v) is 5.48. The number of benzene rings is 2. The molecular weight excluding hydrogens is 590 g/mol. The molecule has 0 saturated heterocycles. The van der Waals surface area contributed by atoms with Crippen molar-refractivity contribution >= 4 is 57.2 Å². The van der Waals surface area contributed by atoms with E-state index in [2.05, 4.69) is 56.6 Å². The van der Waals surface area contributed by atoms with E-state index in [1.165, 1.54) is 6.42 Å². The summed E-state index contributed by atoms with van der Waals surface area (Å²) in [5, 5.41) is 12.5. The largest absolute Gasteiger partial charge is 0.487 e. The van der Waals surface area contributed by atoms with E-state index in [0.717, 1.165) is 49.7 Å². The van der Waals surface area contributed by atoms with Crippen LogP contribution in [0.15, 0.2) is 48.0 Å². The second-order valence-electron chi connectivity index (χ2n) is 7.07. The Bertz CT molecular complexity index is 907. The molecule has 2 aromatic rings. The fraction of sp³-hybridized carbons (Fsp3) is 0.304. The van der Waals surface area contributed by atoms with Gasteiger partial charge in [-0.15, -0.1) is 0 Å². The summed E-state index contributed by atoms with van der Waals surface area (Å²) in [5.74, 6) is 0.534. The second kappa shape index (κ2) is 11.0. The molecule has 0 atom stereocenters. The number of hydrogen-bond acceptors (Lipinski definition) is 3. The van der Waals surface area contributed by atoms with Crippen LogP contribution in [-0.4, -0.2) is 11.9 Å². The number of hydrogen-bond donors (Lipinski definition) is 1. The van der Waals surface area contributed by atoms with Gasteiger partial charge in [-0.3, -0.25) is 4.79 Å². The minimum atomic E-state index is -0.283. The number of rotatable bonds is 6. The first kappa shape index (κ1) is 22.1. The lowest BCUT2D eigenvalue weighted by Gasteiger charge is -2.22. The Balaban J connectivity index is 1.72. The molecule has 150 valence electrons. The Morgan fingerprint density at radius 2 is 1.79 bits per heavy atom. The maximum atomic E-state index is 12.5. The van der Waals surface area contributed by atoms with Crippen molar-refractivity contribution in [3.8, 4) is 11.8 Å². The molecule has 0 aromatic heterocycles. The number of carbonyl (C=O) groups excluding carboxylic acids is 1. The van der Waals surface area contributed by atoms with Gasteiger partial charge in [0.05, 0.1) is 7.14 Å². The highest BCUT2D eigenvalue weighted by Gasteiger charge is 2.18. The quantitative estimate of drug-likeness (QED) is 0.254. The molecule has 29 heavy (non-hydrogen) atoms. The molecule has 6 heteroatoms. The zero-order valence-electron chi connectivity index (χ0n) is 16.0. The van der Waals surface area contributed by atoms with Crippen molar-refractivity contribution in [3.63, 3.8) is 0 Å². The van der Waals surface area contributed by atoms with Crippen LogP contribution in [0, 0.1) is 18.5 Å². The molecule has 1 aliphatic carbocycles. The Hall–Kier alpha value is -1.60. The topological polar surface area (TPSA) is 62.1 Å². The molecule has 4 nitrogen and oxygen atoms in total. The summed E-state index contributed by atoms with van der Waals surface area (Å²) in [6.07, 6.45) is 7.14. The lowest BCUT2D eigenvalue weighted by Crippen LogP contribution is -2.36. The Morgan fingerprint density at radius 3 is 2.41 bits per heavy atom. The predicted molar refractivity (Wildman–Crippen MR) is 131 cm³/mol. The zero-order chi connectivity index (χ0) is 20.6. The van der Waals surface area contributed by atoms with E-state index in [1.54, 1.807) is 6.08 Å². The second-order valence-corrected chi connectivity index (χ2v) is 9.39. The maximum absolute atomic E-state index is 12.5. The van der Waals surface area contributed by atoms with Gasteiger partial charge < -0.3 is 10.1 Å². The lowest BCUT2D eigenvalue weighted by molar-refractivity contribution is -0.117. The molecule has 2 aromatic carbocycles. The molecule has 3 rings (SSSR count). The van der Waals surface area contributed by atoms with E-state index in [-0.39, 0.29) is 17.5 Å². The third-order valence-electron chi connectivity index (χ3n) is 4.86. The van der Waals surface area contributed by atoms with Crippen molar-refractivity contribution in [3.05, 3.63) is 66.3 Å². The Labute approximate surface area is 199 Å². The SMILES string of the molecule is N#C/C(=C\c1cc(I)c(OCc2ccccc2)c(I)c1)C(=O)NC1CCCCC1. The Kier molecular flexibility index (Phi) is 8.36. The molecule has 0 radical (unpaired) electrons. The summed E-state index contributed by atoms with van der Waals surface area (Å²) in [6, 6.07) is 16.1. The van der Waals surface area contributed by atoms with E-state index < -0.39 is 0 Å². The number of nitrogens with one attached hydrogen (secondary N) is 1. The highest BCUT2D eigenvalue weighted by atomic mass is 127. The molecule has 1 fully saturated rings. The number of ether oxygens (including phenoxy) is 1. The molecule has 1 amide bonds. The van der Waals surface area contributed by atoms with Gasteiger partial charge in [-0.05, 0) is 87.4 Å². The van der Waals surface area contributed by atoms with Crippen LogP contribution in [0.4, 0.5) is 0 Å². The number of nitriles is 1. The number of amides is 1. The molecule has 0 bridgehead atoms. The molecule has 1 aliphatic rings. The van der Waals surface area contributed by atoms with Gasteiger partial charge in [-0.2, -0.15) is 5.26 Å². The zero-order valence-corrected chi connectivity index (χ0v) is 20.3. The monoisotopic (exact) mass is 612 g/mol. The smallest absolute Gasteiger partial charge is 0.262 e. The number of halogens is 2. The highest BCUT2D eigenvalue weighted by molar-refractivity contribution is 14.1. The first-order chi connectivity index (χ1) is 14.1. The minimum absolute atomic E-state index is 0.139. The van der Waals surface area contributed by atoms with E-state index in [9.17, 15) is 10.1 Å². The number of carbonyl (C=O) groups is 1. The van der Waals surface area contributed by atoms with Gasteiger partial charge in [0.1, 0.15) is 24.0 Å². The van der Waals surface area contributed by atoms with Crippen LogP contribution in [-0.2, 0) is 11.4 Å². The Morgan fingerprint density at radius 1 is 1.14 bits per heavy atom. The highest BCUT2D eigenvalue weighted by Crippen LogP contribution is 2.30. The normalized spacial score (nSPS) is 14.9. The molecule has 1 saturated carbocycles. The fourth-order valence-electron chi connectivity index (χ4n) is 3.36. The molecule has 0 spiro atoms. The van der Waals surface area contributed by atoms with Crippen LogP contribution in [0.5, 0.6) is 5.75 Å². The standard InChI is InChI=1S/C23H22I2N2O2/c24-20-12-17(11-18(14-26)23(28)27-19-9-5-2-6-10-19)13-21(25)22(20)29-15-16-7-3-1-4-8-16/h1,3-4,7-8,11-13,19H,2,5-6,9-10,15H2,(H,27,28)/b18-11+. The third kappa shape index (κ3) is 6.44.